The van der Waals surface area contributed by atoms with Crippen LogP contribution in [0.2, 0.25) is 0 Å². The molecule has 26 heavy (non-hydrogen) atoms. The lowest BCUT2D eigenvalue weighted by molar-refractivity contribution is -1.03. The van der Waals surface area contributed by atoms with Gasteiger partial charge in [0.05, 0.1) is 0 Å². The maximum atomic E-state index is 5.96. The molecule has 1 saturated heterocycles. The highest BCUT2D eigenvalue weighted by molar-refractivity contribution is 5.51. The third kappa shape index (κ3) is 3.84. The molecule has 134 valence electrons. The first-order valence-corrected chi connectivity index (χ1v) is 9.40. The maximum absolute atomic E-state index is 5.96. The topological polar surface area (TPSA) is 47.8 Å². The van der Waals surface area contributed by atoms with Crippen LogP contribution in [-0.4, -0.2) is 36.4 Å². The first-order chi connectivity index (χ1) is 12.8. The number of aromatic nitrogens is 2. The average Bonchev–Trinajstić information content (AvgIpc) is 3.20. The lowest BCUT2D eigenvalue weighted by Crippen LogP contribution is -3.27. The normalized spacial score (nSPS) is 21.4. The molecular formula is C21H26N4O+2. The summed E-state index contributed by atoms with van der Waals surface area (Å²) in [6.45, 7) is 7.92. The number of hydrogen-bond donors (Lipinski definition) is 2. The maximum Gasteiger partial charge on any atom is 0.274 e. The second-order valence-electron chi connectivity index (χ2n) is 7.10. The van der Waals surface area contributed by atoms with Crippen LogP contribution in [0.4, 0.5) is 0 Å². The van der Waals surface area contributed by atoms with Crippen molar-refractivity contribution in [2.45, 2.75) is 19.5 Å². The van der Waals surface area contributed by atoms with Crippen molar-refractivity contribution in [3.63, 3.8) is 0 Å². The molecule has 2 aromatic carbocycles. The third-order valence-electron chi connectivity index (χ3n) is 5.34. The number of quaternary nitrogens is 2. The monoisotopic (exact) mass is 350 g/mol. The van der Waals surface area contributed by atoms with E-state index in [-0.39, 0.29) is 6.04 Å². The Bertz CT molecular complexity index is 810. The van der Waals surface area contributed by atoms with Gasteiger partial charge in [0.2, 0.25) is 5.89 Å². The zero-order chi connectivity index (χ0) is 17.8. The van der Waals surface area contributed by atoms with E-state index in [1.54, 1.807) is 4.90 Å². The molecule has 1 atom stereocenters. The summed E-state index contributed by atoms with van der Waals surface area (Å²) < 4.78 is 5.96. The molecule has 0 unspecified atom stereocenters. The van der Waals surface area contributed by atoms with Gasteiger partial charge in [-0.1, -0.05) is 48.5 Å². The fourth-order valence-corrected chi connectivity index (χ4v) is 3.70. The first kappa shape index (κ1) is 16.9. The molecule has 1 aliphatic rings. The summed E-state index contributed by atoms with van der Waals surface area (Å²) in [6.07, 6.45) is 0. The van der Waals surface area contributed by atoms with Crippen LogP contribution >= 0.6 is 0 Å². The van der Waals surface area contributed by atoms with Gasteiger partial charge in [-0.05, 0) is 19.1 Å². The van der Waals surface area contributed by atoms with Crippen molar-refractivity contribution in [3.05, 3.63) is 72.1 Å². The van der Waals surface area contributed by atoms with E-state index in [0.717, 1.165) is 31.1 Å². The molecule has 0 saturated carbocycles. The fraction of sp³-hybridized carbons (Fsp3) is 0.333. The number of benzene rings is 2. The molecular weight excluding hydrogens is 324 g/mol. The van der Waals surface area contributed by atoms with Crippen LogP contribution in [-0.2, 0) is 6.54 Å². The minimum atomic E-state index is 0.234. The van der Waals surface area contributed by atoms with Gasteiger partial charge < -0.3 is 14.2 Å². The highest BCUT2D eigenvalue weighted by Crippen LogP contribution is 2.19. The largest absolute Gasteiger partial charge is 0.415 e. The van der Waals surface area contributed by atoms with Gasteiger partial charge in [-0.2, -0.15) is 0 Å². The summed E-state index contributed by atoms with van der Waals surface area (Å²) >= 11 is 0. The summed E-state index contributed by atoms with van der Waals surface area (Å²) in [5, 5.41) is 8.55. The van der Waals surface area contributed by atoms with Gasteiger partial charge in [-0.15, -0.1) is 10.2 Å². The van der Waals surface area contributed by atoms with Crippen LogP contribution < -0.4 is 9.80 Å². The number of rotatable bonds is 5. The predicted molar refractivity (Wildman–Crippen MR) is 99.7 cm³/mol. The van der Waals surface area contributed by atoms with Crippen LogP contribution in [0.5, 0.6) is 0 Å². The molecule has 1 fully saturated rings. The second kappa shape index (κ2) is 7.81. The van der Waals surface area contributed by atoms with E-state index in [1.165, 1.54) is 23.6 Å². The Hall–Kier alpha value is -2.50. The van der Waals surface area contributed by atoms with Crippen molar-refractivity contribution in [2.24, 2.45) is 0 Å². The van der Waals surface area contributed by atoms with Crippen molar-refractivity contribution < 1.29 is 14.2 Å². The van der Waals surface area contributed by atoms with Crippen molar-refractivity contribution in [1.82, 2.24) is 10.2 Å². The minimum absolute atomic E-state index is 0.234. The molecule has 1 aromatic heterocycles. The van der Waals surface area contributed by atoms with Gasteiger partial charge in [0, 0.05) is 11.1 Å². The molecule has 5 nitrogen and oxygen atoms in total. The smallest absolute Gasteiger partial charge is 0.274 e. The van der Waals surface area contributed by atoms with Gasteiger partial charge in [0.25, 0.3) is 5.89 Å². The standard InChI is InChI=1S/C21H24N4O/c1-17(20-22-23-21(26-20)19-10-6-3-7-11-19)25-14-12-24(13-15-25)16-18-8-4-2-5-9-18/h2-11,17H,12-16H2,1H3/p+2/t17-/m0/s1. The van der Waals surface area contributed by atoms with Crippen molar-refractivity contribution in [1.29, 1.82) is 0 Å². The Balaban J connectivity index is 1.35. The minimum Gasteiger partial charge on any atom is -0.415 e. The second-order valence-corrected chi connectivity index (χ2v) is 7.10. The highest BCUT2D eigenvalue weighted by atomic mass is 16.4. The molecule has 3 aromatic rings. The van der Waals surface area contributed by atoms with Crippen LogP contribution in [0.1, 0.15) is 24.4 Å². The van der Waals surface area contributed by atoms with Crippen LogP contribution in [0.15, 0.2) is 65.1 Å². The number of nitrogens with one attached hydrogen (secondary N) is 2. The zero-order valence-electron chi connectivity index (χ0n) is 15.2. The van der Waals surface area contributed by atoms with Gasteiger partial charge in [0.1, 0.15) is 32.7 Å². The van der Waals surface area contributed by atoms with E-state index < -0.39 is 0 Å². The molecule has 2 N–H and O–H groups in total. The molecule has 0 bridgehead atoms. The molecule has 4 rings (SSSR count). The van der Waals surface area contributed by atoms with Gasteiger partial charge >= 0.3 is 0 Å². The fourth-order valence-electron chi connectivity index (χ4n) is 3.70. The summed E-state index contributed by atoms with van der Waals surface area (Å²) in [4.78, 5) is 3.19. The molecule has 2 heterocycles. The SMILES string of the molecule is C[C@@H](c1nnc(-c2ccccc2)o1)[NH+]1CC[NH+](Cc2ccccc2)CC1. The van der Waals surface area contributed by atoms with Crippen LogP contribution in [0.3, 0.4) is 0 Å². The third-order valence-corrected chi connectivity index (χ3v) is 5.34. The molecule has 0 radical (unpaired) electrons. The number of hydrogen-bond acceptors (Lipinski definition) is 3. The van der Waals surface area contributed by atoms with Gasteiger partial charge in [-0.3, -0.25) is 0 Å². The summed E-state index contributed by atoms with van der Waals surface area (Å²) in [5.74, 6) is 1.35. The van der Waals surface area contributed by atoms with E-state index >= 15 is 0 Å². The molecule has 0 amide bonds. The van der Waals surface area contributed by atoms with Gasteiger partial charge in [0.15, 0.2) is 6.04 Å². The Kier molecular flexibility index (Phi) is 5.09. The van der Waals surface area contributed by atoms with E-state index in [1.807, 2.05) is 30.3 Å². The van der Waals surface area contributed by atoms with E-state index in [4.69, 9.17) is 4.42 Å². The van der Waals surface area contributed by atoms with Gasteiger partial charge in [-0.25, -0.2) is 0 Å². The lowest BCUT2D eigenvalue weighted by Gasteiger charge is -2.32. The summed E-state index contributed by atoms with van der Waals surface area (Å²) in [6, 6.07) is 21.0. The Morgan fingerprint density at radius 1 is 0.885 bits per heavy atom. The Morgan fingerprint density at radius 2 is 1.54 bits per heavy atom. The molecule has 0 aliphatic carbocycles. The first-order valence-electron chi connectivity index (χ1n) is 9.40. The van der Waals surface area contributed by atoms with Crippen LogP contribution in [0, 0.1) is 0 Å². The number of nitrogens with zero attached hydrogens (tertiary/aromatic N) is 2. The Morgan fingerprint density at radius 3 is 2.23 bits per heavy atom. The molecule has 0 spiro atoms. The van der Waals surface area contributed by atoms with Crippen LogP contribution in [0.25, 0.3) is 11.5 Å². The summed E-state index contributed by atoms with van der Waals surface area (Å²) in [5.41, 5.74) is 2.40. The van der Waals surface area contributed by atoms with E-state index in [2.05, 4.69) is 47.5 Å². The van der Waals surface area contributed by atoms with Crippen molar-refractivity contribution >= 4 is 0 Å². The predicted octanol–water partition coefficient (Wildman–Crippen LogP) is 0.781. The van der Waals surface area contributed by atoms with E-state index in [9.17, 15) is 0 Å². The Labute approximate surface area is 154 Å². The quantitative estimate of drug-likeness (QED) is 0.715. The molecule has 5 heteroatoms. The summed E-state index contributed by atoms with van der Waals surface area (Å²) in [7, 11) is 0. The highest BCUT2D eigenvalue weighted by Gasteiger charge is 2.31. The zero-order valence-corrected chi connectivity index (χ0v) is 15.2. The molecule has 1 aliphatic heterocycles. The number of piperazine rings is 1. The van der Waals surface area contributed by atoms with Crippen molar-refractivity contribution in [2.75, 3.05) is 26.2 Å². The average molecular weight is 350 g/mol. The lowest BCUT2D eigenvalue weighted by atomic mass is 10.2. The van der Waals surface area contributed by atoms with Crippen molar-refractivity contribution in [3.8, 4) is 11.5 Å². The van der Waals surface area contributed by atoms with E-state index in [0.29, 0.717) is 5.89 Å².